The van der Waals surface area contributed by atoms with Crippen molar-refractivity contribution in [3.05, 3.63) is 0 Å². The number of hydrogen-bond acceptors (Lipinski definition) is 0. The van der Waals surface area contributed by atoms with Crippen molar-refractivity contribution < 1.29 is 62.5 Å². The molecule has 0 spiro atoms. The van der Waals surface area contributed by atoms with Gasteiger partial charge in [-0.1, -0.05) is 170 Å². The van der Waals surface area contributed by atoms with Crippen molar-refractivity contribution in [3.63, 3.8) is 0 Å². The van der Waals surface area contributed by atoms with Crippen molar-refractivity contribution >= 4 is 0 Å². The molecule has 0 heterocycles. The molecule has 0 bridgehead atoms. The maximum atomic E-state index is 15.1. The van der Waals surface area contributed by atoms with Gasteiger partial charge in [-0.25, -0.2) is 13.2 Å². The standard InChI is InChI=1S/C24H43F.C23H41F.C21H37F.9H2O/c1-3-5-6-19-9-13-21(14-10-19)23-16-15-22(17-24(23)25)20-11-7-18(4-2)8-12-20;1-3-5-18-8-12-20(13-9-18)22-15-14-21(16-23(22)24)19-10-6-17(4-2)7-11-19;1-3-16-6-10-17(11-7-16)19-12-13-20(21(22)14-19)18-8-4-15(2)5-9-18;;;;;;;;;/h18-24H,3-17H2,1-2H3;17-23H,3-16H2,1-2H3;15-21H,3-14H2,1-2H3;9*1H2. The topological polar surface area (TPSA) is 284 Å². The zero-order chi connectivity index (χ0) is 50.1. The van der Waals surface area contributed by atoms with E-state index in [-0.39, 0.29) is 49.3 Å². The SMILES string of the molecule is CCC1CCC(C2CCC(C3CCC(C)CC3)C(F)C2)CC1.CCCC1CCC(C2CCC(C3CCC(CC)CC3)CC2F)CC1.CCCCC1CCC(C2CCC(C3CCC(CC)CC3)CC2F)CC1.O.O.O.O.O.O.O.O.O. The second kappa shape index (κ2) is 44.0. The molecule has 0 aromatic carbocycles. The Labute approximate surface area is 490 Å². The van der Waals surface area contributed by atoms with E-state index in [4.69, 9.17) is 0 Å². The van der Waals surface area contributed by atoms with Gasteiger partial charge in [-0.05, 0) is 241 Å². The number of halogens is 3. The lowest BCUT2D eigenvalue weighted by Crippen LogP contribution is -2.36. The van der Waals surface area contributed by atoms with E-state index in [1.807, 2.05) is 0 Å². The zero-order valence-corrected chi connectivity index (χ0v) is 52.7. The molecule has 9 rings (SSSR count). The first-order valence-electron chi connectivity index (χ1n) is 33.5. The Morgan fingerprint density at radius 1 is 0.250 bits per heavy atom. The molecule has 0 saturated heterocycles. The predicted octanol–water partition coefficient (Wildman–Crippen LogP) is 14.9. The Kier molecular flexibility index (Phi) is 46.0. The molecule has 9 saturated carbocycles. The molecule has 80 heavy (non-hydrogen) atoms. The molecule has 0 aromatic rings. The smallest absolute Gasteiger partial charge is 0.103 e. The van der Waals surface area contributed by atoms with Crippen molar-refractivity contribution in [3.8, 4) is 0 Å². The molecule has 9 fully saturated rings. The second-order valence-corrected chi connectivity index (χ2v) is 28.3. The highest BCUT2D eigenvalue weighted by atomic mass is 19.1. The summed E-state index contributed by atoms with van der Waals surface area (Å²) < 4.78 is 45.0. The third-order valence-corrected chi connectivity index (χ3v) is 24.3. The fourth-order valence-corrected chi connectivity index (χ4v) is 19.0. The average molecular weight is 1160 g/mol. The largest absolute Gasteiger partial charge is 0.412 e. The summed E-state index contributed by atoms with van der Waals surface area (Å²) in [5, 5.41) is 0. The van der Waals surface area contributed by atoms with Crippen LogP contribution in [-0.4, -0.2) is 67.8 Å². The highest BCUT2D eigenvalue weighted by Crippen LogP contribution is 2.51. The van der Waals surface area contributed by atoms with Crippen LogP contribution in [-0.2, 0) is 0 Å². The zero-order valence-electron chi connectivity index (χ0n) is 52.7. The van der Waals surface area contributed by atoms with Gasteiger partial charge < -0.3 is 49.3 Å². The Balaban J connectivity index is -0.00000105. The molecule has 486 valence electrons. The maximum Gasteiger partial charge on any atom is 0.103 e. The summed E-state index contributed by atoms with van der Waals surface area (Å²) in [6, 6.07) is 0. The van der Waals surface area contributed by atoms with Crippen molar-refractivity contribution in [1.82, 2.24) is 0 Å². The molecule has 18 N–H and O–H groups in total. The minimum absolute atomic E-state index is 0. The van der Waals surface area contributed by atoms with Gasteiger partial charge in [-0.3, -0.25) is 0 Å². The third kappa shape index (κ3) is 24.7. The molecule has 9 atom stereocenters. The Hall–Kier alpha value is -0.570. The first-order chi connectivity index (χ1) is 34.6. The lowest BCUT2D eigenvalue weighted by molar-refractivity contribution is 0.0326. The number of hydrogen-bond donors (Lipinski definition) is 0. The van der Waals surface area contributed by atoms with Crippen LogP contribution in [0.5, 0.6) is 0 Å². The summed E-state index contributed by atoms with van der Waals surface area (Å²) in [6.45, 7) is 14.0. The van der Waals surface area contributed by atoms with E-state index in [0.29, 0.717) is 53.3 Å². The van der Waals surface area contributed by atoms with Crippen molar-refractivity contribution in [2.24, 2.45) is 107 Å². The highest BCUT2D eigenvalue weighted by Gasteiger charge is 2.43. The van der Waals surface area contributed by atoms with E-state index in [0.717, 1.165) is 72.5 Å². The fraction of sp³-hybridized carbons (Fsp3) is 1.00. The summed E-state index contributed by atoms with van der Waals surface area (Å²) in [6.07, 6.45) is 52.8. The molecular weight excluding hydrogens is 1020 g/mol. The molecule has 9 aliphatic rings. The minimum Gasteiger partial charge on any atom is -0.412 e. The van der Waals surface area contributed by atoms with Crippen molar-refractivity contribution in [2.75, 3.05) is 0 Å². The third-order valence-electron chi connectivity index (χ3n) is 24.3. The van der Waals surface area contributed by atoms with E-state index in [2.05, 4.69) is 41.5 Å². The fourth-order valence-electron chi connectivity index (χ4n) is 19.0. The Morgan fingerprint density at radius 3 is 0.738 bits per heavy atom. The van der Waals surface area contributed by atoms with E-state index >= 15 is 8.78 Å². The van der Waals surface area contributed by atoms with Crippen molar-refractivity contribution in [2.45, 2.75) is 323 Å². The van der Waals surface area contributed by atoms with Crippen LogP contribution >= 0.6 is 0 Å². The molecule has 0 aromatic heterocycles. The Bertz CT molecular complexity index is 1400. The predicted molar refractivity (Wildman–Crippen MR) is 333 cm³/mol. The number of unbranched alkanes of at least 4 members (excludes halogenated alkanes) is 1. The van der Waals surface area contributed by atoms with Gasteiger partial charge in [-0.15, -0.1) is 0 Å². The van der Waals surface area contributed by atoms with Gasteiger partial charge in [0.05, 0.1) is 0 Å². The summed E-state index contributed by atoms with van der Waals surface area (Å²) in [4.78, 5) is 0. The second-order valence-electron chi connectivity index (χ2n) is 28.3. The normalized spacial score (nSPS) is 39.8. The summed E-state index contributed by atoms with van der Waals surface area (Å²) in [7, 11) is 0. The Morgan fingerprint density at radius 2 is 0.487 bits per heavy atom. The molecule has 0 radical (unpaired) electrons. The molecular formula is C68H139F3O9. The van der Waals surface area contributed by atoms with Gasteiger partial charge >= 0.3 is 0 Å². The van der Waals surface area contributed by atoms with Gasteiger partial charge in [-0.2, -0.15) is 0 Å². The number of rotatable bonds is 14. The first-order valence-corrected chi connectivity index (χ1v) is 33.5. The van der Waals surface area contributed by atoms with Crippen LogP contribution in [0.3, 0.4) is 0 Å². The van der Waals surface area contributed by atoms with E-state index in [1.54, 1.807) is 0 Å². The van der Waals surface area contributed by atoms with Gasteiger partial charge in [0.1, 0.15) is 18.5 Å². The van der Waals surface area contributed by atoms with Gasteiger partial charge in [0.2, 0.25) is 0 Å². The molecule has 9 aliphatic carbocycles. The number of alkyl halides is 3. The van der Waals surface area contributed by atoms with E-state index < -0.39 is 18.5 Å². The molecule has 9 unspecified atom stereocenters. The van der Waals surface area contributed by atoms with Gasteiger partial charge in [0.25, 0.3) is 0 Å². The lowest BCUT2D eigenvalue weighted by Gasteiger charge is -2.43. The minimum atomic E-state index is -0.486. The van der Waals surface area contributed by atoms with Crippen LogP contribution in [0.4, 0.5) is 13.2 Å². The molecule has 0 amide bonds. The summed E-state index contributed by atoms with van der Waals surface area (Å²) >= 11 is 0. The van der Waals surface area contributed by atoms with Crippen LogP contribution in [0.25, 0.3) is 0 Å². The average Bonchev–Trinajstić information content (AvgIpc) is 3.41. The quantitative estimate of drug-likeness (QED) is 0.157. The van der Waals surface area contributed by atoms with Gasteiger partial charge in [0, 0.05) is 0 Å². The summed E-state index contributed by atoms with van der Waals surface area (Å²) in [5.41, 5.74) is 0. The van der Waals surface area contributed by atoms with Crippen molar-refractivity contribution in [1.29, 1.82) is 0 Å². The van der Waals surface area contributed by atoms with E-state index in [1.165, 1.54) is 244 Å². The van der Waals surface area contributed by atoms with Crippen LogP contribution < -0.4 is 0 Å². The first kappa shape index (κ1) is 83.6. The lowest BCUT2D eigenvalue weighted by atomic mass is 9.64. The summed E-state index contributed by atoms with van der Waals surface area (Å²) in [5.74, 6) is 13.8. The van der Waals surface area contributed by atoms with Crippen LogP contribution in [0, 0.1) is 107 Å². The molecule has 0 aliphatic heterocycles. The molecule has 9 nitrogen and oxygen atoms in total. The van der Waals surface area contributed by atoms with Gasteiger partial charge in [0.15, 0.2) is 0 Å². The van der Waals surface area contributed by atoms with E-state index in [9.17, 15) is 4.39 Å². The maximum absolute atomic E-state index is 15.1. The van der Waals surface area contributed by atoms with Crippen LogP contribution in [0.15, 0.2) is 0 Å². The van der Waals surface area contributed by atoms with Crippen LogP contribution in [0.2, 0.25) is 0 Å². The van der Waals surface area contributed by atoms with Crippen LogP contribution in [0.1, 0.15) is 305 Å². The molecule has 12 heteroatoms. The highest BCUT2D eigenvalue weighted by molar-refractivity contribution is 4.93. The monoisotopic (exact) mass is 1160 g/mol.